The van der Waals surface area contributed by atoms with E-state index in [-0.39, 0.29) is 0 Å². The van der Waals surface area contributed by atoms with Crippen LogP contribution in [0.2, 0.25) is 0 Å². The molecule has 112 valence electrons. The summed E-state index contributed by atoms with van der Waals surface area (Å²) in [6, 6.07) is 5.52. The second-order valence-corrected chi connectivity index (χ2v) is 4.85. The third-order valence-corrected chi connectivity index (χ3v) is 3.46. The number of hydrogen-bond donors (Lipinski definition) is 2. The molecule has 1 heterocycles. The second kappa shape index (κ2) is 6.35. The highest BCUT2D eigenvalue weighted by molar-refractivity contribution is 5.68. The van der Waals surface area contributed by atoms with E-state index in [1.54, 1.807) is 14.2 Å². The number of nitrogens with two attached hydrogens (primary N) is 1. The largest absolute Gasteiger partial charge is 0.497 e. The SMILES string of the molecule is COc1ccc(N)c(NCc2ncc(C)c(OC)c2C)c1. The summed E-state index contributed by atoms with van der Waals surface area (Å²) in [6.45, 7) is 4.56. The van der Waals surface area contributed by atoms with Crippen molar-refractivity contribution in [1.29, 1.82) is 0 Å². The zero-order valence-electron chi connectivity index (χ0n) is 12.9. The number of nitrogens with one attached hydrogen (secondary N) is 1. The molecule has 0 saturated heterocycles. The van der Waals surface area contributed by atoms with Gasteiger partial charge < -0.3 is 20.5 Å². The molecule has 0 atom stereocenters. The van der Waals surface area contributed by atoms with Gasteiger partial charge in [0.2, 0.25) is 0 Å². The van der Waals surface area contributed by atoms with E-state index < -0.39 is 0 Å². The second-order valence-electron chi connectivity index (χ2n) is 4.85. The lowest BCUT2D eigenvalue weighted by atomic mass is 10.1. The Hall–Kier alpha value is -2.43. The van der Waals surface area contributed by atoms with Gasteiger partial charge in [-0.05, 0) is 26.0 Å². The lowest BCUT2D eigenvalue weighted by Gasteiger charge is -2.14. The van der Waals surface area contributed by atoms with Crippen molar-refractivity contribution in [1.82, 2.24) is 4.98 Å². The van der Waals surface area contributed by atoms with E-state index in [0.29, 0.717) is 12.2 Å². The molecule has 0 saturated carbocycles. The Morgan fingerprint density at radius 2 is 1.95 bits per heavy atom. The van der Waals surface area contributed by atoms with Crippen LogP contribution in [-0.4, -0.2) is 19.2 Å². The Labute approximate surface area is 125 Å². The van der Waals surface area contributed by atoms with Crippen molar-refractivity contribution in [2.45, 2.75) is 20.4 Å². The summed E-state index contributed by atoms with van der Waals surface area (Å²) < 4.78 is 10.6. The van der Waals surface area contributed by atoms with Gasteiger partial charge in [0, 0.05) is 23.4 Å². The van der Waals surface area contributed by atoms with Crippen molar-refractivity contribution < 1.29 is 9.47 Å². The third kappa shape index (κ3) is 3.18. The molecule has 5 heteroatoms. The minimum atomic E-state index is 0.569. The Morgan fingerprint density at radius 3 is 2.62 bits per heavy atom. The number of ether oxygens (including phenoxy) is 2. The first-order valence-corrected chi connectivity index (χ1v) is 6.73. The summed E-state index contributed by atoms with van der Waals surface area (Å²) in [7, 11) is 3.30. The van der Waals surface area contributed by atoms with Gasteiger partial charge in [-0.1, -0.05) is 0 Å². The first-order valence-electron chi connectivity index (χ1n) is 6.73. The van der Waals surface area contributed by atoms with Crippen molar-refractivity contribution in [2.24, 2.45) is 0 Å². The first kappa shape index (κ1) is 15.0. The molecule has 0 aliphatic carbocycles. The number of anilines is 2. The molecule has 1 aromatic heterocycles. The van der Waals surface area contributed by atoms with Crippen molar-refractivity contribution in [3.05, 3.63) is 41.2 Å². The number of pyridine rings is 1. The van der Waals surface area contributed by atoms with Crippen LogP contribution in [0.15, 0.2) is 24.4 Å². The summed E-state index contributed by atoms with van der Waals surface area (Å²) in [5.74, 6) is 1.64. The Balaban J connectivity index is 2.21. The van der Waals surface area contributed by atoms with Crippen LogP contribution in [0.4, 0.5) is 11.4 Å². The zero-order valence-corrected chi connectivity index (χ0v) is 12.9. The number of nitrogen functional groups attached to an aromatic ring is 1. The predicted molar refractivity (Wildman–Crippen MR) is 85.0 cm³/mol. The van der Waals surface area contributed by atoms with E-state index in [4.69, 9.17) is 15.2 Å². The molecule has 0 unspecified atom stereocenters. The van der Waals surface area contributed by atoms with Crippen LogP contribution in [0.3, 0.4) is 0 Å². The molecule has 0 amide bonds. The van der Waals surface area contributed by atoms with Crippen molar-refractivity contribution in [3.8, 4) is 11.5 Å². The monoisotopic (exact) mass is 287 g/mol. The van der Waals surface area contributed by atoms with E-state index in [1.807, 2.05) is 38.2 Å². The number of hydrogen-bond acceptors (Lipinski definition) is 5. The van der Waals surface area contributed by atoms with Crippen LogP contribution < -0.4 is 20.5 Å². The molecule has 0 radical (unpaired) electrons. The zero-order chi connectivity index (χ0) is 15.4. The van der Waals surface area contributed by atoms with Gasteiger partial charge >= 0.3 is 0 Å². The van der Waals surface area contributed by atoms with Gasteiger partial charge in [0.25, 0.3) is 0 Å². The van der Waals surface area contributed by atoms with E-state index in [0.717, 1.165) is 34.0 Å². The topological polar surface area (TPSA) is 69.4 Å². The van der Waals surface area contributed by atoms with E-state index >= 15 is 0 Å². The maximum Gasteiger partial charge on any atom is 0.128 e. The van der Waals surface area contributed by atoms with Crippen LogP contribution in [-0.2, 0) is 6.54 Å². The summed E-state index contributed by atoms with van der Waals surface area (Å²) >= 11 is 0. The first-order chi connectivity index (χ1) is 10.1. The lowest BCUT2D eigenvalue weighted by Crippen LogP contribution is -2.07. The quantitative estimate of drug-likeness (QED) is 0.827. The molecule has 0 spiro atoms. The summed E-state index contributed by atoms with van der Waals surface area (Å²) in [4.78, 5) is 4.46. The molecule has 21 heavy (non-hydrogen) atoms. The lowest BCUT2D eigenvalue weighted by molar-refractivity contribution is 0.407. The van der Waals surface area contributed by atoms with E-state index in [9.17, 15) is 0 Å². The minimum Gasteiger partial charge on any atom is -0.497 e. The van der Waals surface area contributed by atoms with Gasteiger partial charge in [-0.2, -0.15) is 0 Å². The number of rotatable bonds is 5. The number of nitrogens with zero attached hydrogens (tertiary/aromatic N) is 1. The van der Waals surface area contributed by atoms with Crippen molar-refractivity contribution in [3.63, 3.8) is 0 Å². The highest BCUT2D eigenvalue weighted by Crippen LogP contribution is 2.27. The molecular formula is C16H21N3O2. The molecule has 0 aliphatic heterocycles. The molecule has 1 aromatic carbocycles. The van der Waals surface area contributed by atoms with Gasteiger partial charge in [0.05, 0.1) is 37.8 Å². The number of benzene rings is 1. The normalized spacial score (nSPS) is 10.3. The van der Waals surface area contributed by atoms with Gasteiger partial charge in [-0.3, -0.25) is 4.98 Å². The number of methoxy groups -OCH3 is 2. The summed E-state index contributed by atoms with van der Waals surface area (Å²) in [5.41, 5.74) is 10.5. The minimum absolute atomic E-state index is 0.569. The molecule has 5 nitrogen and oxygen atoms in total. The number of aromatic nitrogens is 1. The van der Waals surface area contributed by atoms with Gasteiger partial charge in [-0.15, -0.1) is 0 Å². The highest BCUT2D eigenvalue weighted by atomic mass is 16.5. The summed E-state index contributed by atoms with van der Waals surface area (Å²) in [6.07, 6.45) is 1.82. The van der Waals surface area contributed by atoms with Crippen LogP contribution in [0.25, 0.3) is 0 Å². The highest BCUT2D eigenvalue weighted by Gasteiger charge is 2.10. The fourth-order valence-electron chi connectivity index (χ4n) is 2.24. The molecule has 2 rings (SSSR count). The van der Waals surface area contributed by atoms with Gasteiger partial charge in [-0.25, -0.2) is 0 Å². The van der Waals surface area contributed by atoms with Gasteiger partial charge in [0.15, 0.2) is 0 Å². The molecule has 2 aromatic rings. The summed E-state index contributed by atoms with van der Waals surface area (Å²) in [5, 5.41) is 3.29. The van der Waals surface area contributed by atoms with Crippen molar-refractivity contribution in [2.75, 3.05) is 25.3 Å². The van der Waals surface area contributed by atoms with Crippen molar-refractivity contribution >= 4 is 11.4 Å². The molecule has 3 N–H and O–H groups in total. The Morgan fingerprint density at radius 1 is 1.19 bits per heavy atom. The van der Waals surface area contributed by atoms with Gasteiger partial charge in [0.1, 0.15) is 11.5 Å². The maximum atomic E-state index is 5.96. The fraction of sp³-hybridized carbons (Fsp3) is 0.312. The van der Waals surface area contributed by atoms with Crippen LogP contribution >= 0.6 is 0 Å². The molecular weight excluding hydrogens is 266 g/mol. The molecule has 0 aliphatic rings. The fourth-order valence-corrected chi connectivity index (χ4v) is 2.24. The number of aryl methyl sites for hydroxylation is 1. The standard InChI is InChI=1S/C16H21N3O2/c1-10-8-18-15(11(2)16(10)21-4)9-19-14-7-12(20-3)5-6-13(14)17/h5-8,19H,9,17H2,1-4H3. The predicted octanol–water partition coefficient (Wildman–Crippen LogP) is 2.91. The molecule has 0 fully saturated rings. The Kier molecular flexibility index (Phi) is 4.52. The van der Waals surface area contributed by atoms with Crippen LogP contribution in [0.1, 0.15) is 16.8 Å². The van der Waals surface area contributed by atoms with E-state index in [1.165, 1.54) is 0 Å². The van der Waals surface area contributed by atoms with Crippen LogP contribution in [0, 0.1) is 13.8 Å². The average Bonchev–Trinajstić information content (AvgIpc) is 2.48. The van der Waals surface area contributed by atoms with E-state index in [2.05, 4.69) is 10.3 Å². The molecule has 0 bridgehead atoms. The van der Waals surface area contributed by atoms with Crippen LogP contribution in [0.5, 0.6) is 11.5 Å². The maximum absolute atomic E-state index is 5.96. The smallest absolute Gasteiger partial charge is 0.128 e. The average molecular weight is 287 g/mol. The Bertz CT molecular complexity index is 642. The third-order valence-electron chi connectivity index (χ3n) is 3.46.